The number of nitrogens with zero attached hydrogens (tertiary/aromatic N) is 2. The molecule has 1 aromatic carbocycles. The zero-order valence-electron chi connectivity index (χ0n) is 11.0. The minimum atomic E-state index is -0.544. The molecule has 0 aromatic heterocycles. The maximum absolute atomic E-state index is 13.3. The van der Waals surface area contributed by atoms with Crippen molar-refractivity contribution in [2.45, 2.75) is 31.8 Å². The minimum Gasteiger partial charge on any atom is -0.309 e. The number of amides is 1. The summed E-state index contributed by atoms with van der Waals surface area (Å²) < 4.78 is 13.3. The van der Waals surface area contributed by atoms with Crippen LogP contribution in [0.4, 0.5) is 10.1 Å². The van der Waals surface area contributed by atoms with Gasteiger partial charge in [-0.1, -0.05) is 6.07 Å². The van der Waals surface area contributed by atoms with Crippen molar-refractivity contribution in [1.29, 1.82) is 5.26 Å². The molecule has 100 valence electrons. The molecule has 1 fully saturated rings. The number of hydrogen-bond acceptors (Lipinski definition) is 3. The van der Waals surface area contributed by atoms with Gasteiger partial charge in [0.2, 0.25) is 5.91 Å². The van der Waals surface area contributed by atoms with Gasteiger partial charge in [0.05, 0.1) is 12.5 Å². The van der Waals surface area contributed by atoms with Crippen molar-refractivity contribution in [3.05, 3.63) is 30.1 Å². The number of piperazine rings is 1. The summed E-state index contributed by atoms with van der Waals surface area (Å²) in [5.74, 6) is -0.565. The van der Waals surface area contributed by atoms with E-state index >= 15 is 0 Å². The molecular weight excluding hydrogens is 245 g/mol. The number of nitriles is 1. The summed E-state index contributed by atoms with van der Waals surface area (Å²) in [6.07, 6.45) is 0.105. The van der Waals surface area contributed by atoms with Crippen LogP contribution in [0, 0.1) is 17.1 Å². The Morgan fingerprint density at radius 3 is 2.95 bits per heavy atom. The molecule has 0 radical (unpaired) electrons. The molecule has 0 bridgehead atoms. The Bertz CT molecular complexity index is 536. The molecule has 1 saturated heterocycles. The minimum absolute atomic E-state index is 0.105. The van der Waals surface area contributed by atoms with Gasteiger partial charge >= 0.3 is 0 Å². The van der Waals surface area contributed by atoms with Crippen molar-refractivity contribution in [3.8, 4) is 6.07 Å². The normalized spacial score (nSPS) is 22.1. The van der Waals surface area contributed by atoms with Gasteiger partial charge in [0, 0.05) is 17.8 Å². The van der Waals surface area contributed by atoms with E-state index in [0.29, 0.717) is 12.2 Å². The average molecular weight is 261 g/mol. The van der Waals surface area contributed by atoms with Crippen LogP contribution in [0.25, 0.3) is 0 Å². The molecule has 5 heteroatoms. The first kappa shape index (κ1) is 13.5. The van der Waals surface area contributed by atoms with Crippen LogP contribution in [0.1, 0.15) is 20.3 Å². The molecule has 1 aromatic rings. The van der Waals surface area contributed by atoms with Gasteiger partial charge in [0.15, 0.2) is 0 Å². The van der Waals surface area contributed by atoms with E-state index in [1.807, 2.05) is 19.9 Å². The summed E-state index contributed by atoms with van der Waals surface area (Å²) >= 11 is 0. The highest BCUT2D eigenvalue weighted by atomic mass is 19.1. The van der Waals surface area contributed by atoms with Crippen LogP contribution in [0.3, 0.4) is 0 Å². The molecule has 4 nitrogen and oxygen atoms in total. The first-order chi connectivity index (χ1) is 8.93. The lowest BCUT2D eigenvalue weighted by molar-refractivity contribution is -0.122. The van der Waals surface area contributed by atoms with E-state index in [-0.39, 0.29) is 23.7 Å². The lowest BCUT2D eigenvalue weighted by Gasteiger charge is -2.42. The third-order valence-corrected chi connectivity index (χ3v) is 3.10. The van der Waals surface area contributed by atoms with Crippen molar-refractivity contribution in [1.82, 2.24) is 5.32 Å². The van der Waals surface area contributed by atoms with Crippen LogP contribution >= 0.6 is 0 Å². The van der Waals surface area contributed by atoms with Crippen molar-refractivity contribution in [2.75, 3.05) is 11.4 Å². The van der Waals surface area contributed by atoms with Gasteiger partial charge in [0.25, 0.3) is 0 Å². The largest absolute Gasteiger partial charge is 0.309 e. The molecule has 19 heavy (non-hydrogen) atoms. The van der Waals surface area contributed by atoms with Gasteiger partial charge in [-0.15, -0.1) is 0 Å². The molecule has 1 N–H and O–H groups in total. The second-order valence-corrected chi connectivity index (χ2v) is 5.35. The maximum Gasteiger partial charge on any atom is 0.245 e. The van der Waals surface area contributed by atoms with Crippen LogP contribution in [0.5, 0.6) is 0 Å². The molecule has 1 amide bonds. The molecule has 0 spiro atoms. The Kier molecular flexibility index (Phi) is 3.54. The van der Waals surface area contributed by atoms with E-state index < -0.39 is 6.04 Å². The van der Waals surface area contributed by atoms with E-state index in [0.717, 1.165) is 0 Å². The summed E-state index contributed by atoms with van der Waals surface area (Å²) in [6.45, 7) is 4.35. The van der Waals surface area contributed by atoms with Gasteiger partial charge in [-0.05, 0) is 32.0 Å². The van der Waals surface area contributed by atoms with E-state index in [1.54, 1.807) is 17.0 Å². The Morgan fingerprint density at radius 2 is 2.32 bits per heavy atom. The van der Waals surface area contributed by atoms with Gasteiger partial charge in [0.1, 0.15) is 11.9 Å². The topological polar surface area (TPSA) is 56.1 Å². The fourth-order valence-electron chi connectivity index (χ4n) is 2.33. The van der Waals surface area contributed by atoms with E-state index in [9.17, 15) is 9.18 Å². The fraction of sp³-hybridized carbons (Fsp3) is 0.429. The first-order valence-corrected chi connectivity index (χ1v) is 6.14. The van der Waals surface area contributed by atoms with Crippen molar-refractivity contribution in [3.63, 3.8) is 0 Å². The summed E-state index contributed by atoms with van der Waals surface area (Å²) in [5.41, 5.74) is 0.212. The zero-order chi connectivity index (χ0) is 14.0. The Hall–Kier alpha value is -1.93. The Labute approximate surface area is 111 Å². The summed E-state index contributed by atoms with van der Waals surface area (Å²) in [5, 5.41) is 11.9. The third-order valence-electron chi connectivity index (χ3n) is 3.10. The number of hydrogen-bond donors (Lipinski definition) is 1. The van der Waals surface area contributed by atoms with Gasteiger partial charge in [-0.2, -0.15) is 5.26 Å². The number of halogens is 1. The van der Waals surface area contributed by atoms with Gasteiger partial charge in [-0.25, -0.2) is 4.39 Å². The quantitative estimate of drug-likeness (QED) is 0.883. The monoisotopic (exact) mass is 261 g/mol. The van der Waals surface area contributed by atoms with Crippen LogP contribution in [-0.2, 0) is 4.79 Å². The Balaban J connectivity index is 2.33. The SMILES string of the molecule is CC1(C)CN(c2cccc(F)c2)C(=O)C(CC#N)N1. The van der Waals surface area contributed by atoms with Crippen molar-refractivity contribution < 1.29 is 9.18 Å². The number of anilines is 1. The number of benzene rings is 1. The summed E-state index contributed by atoms with van der Waals surface area (Å²) in [4.78, 5) is 13.8. The molecule has 1 aliphatic rings. The Morgan fingerprint density at radius 1 is 1.58 bits per heavy atom. The highest BCUT2D eigenvalue weighted by Crippen LogP contribution is 2.24. The van der Waals surface area contributed by atoms with Crippen LogP contribution in [0.15, 0.2) is 24.3 Å². The van der Waals surface area contributed by atoms with E-state index in [1.165, 1.54) is 12.1 Å². The second kappa shape index (κ2) is 4.98. The molecule has 1 unspecified atom stereocenters. The zero-order valence-corrected chi connectivity index (χ0v) is 11.0. The number of rotatable bonds is 2. The number of carbonyl (C=O) groups is 1. The van der Waals surface area contributed by atoms with Crippen molar-refractivity contribution in [2.24, 2.45) is 0 Å². The molecular formula is C14H16FN3O. The highest BCUT2D eigenvalue weighted by molar-refractivity contribution is 5.98. The van der Waals surface area contributed by atoms with Gasteiger partial charge < -0.3 is 4.90 Å². The standard InChI is InChI=1S/C14H16FN3O/c1-14(2)9-18(11-5-3-4-10(15)8-11)13(19)12(17-14)6-7-16/h3-5,8,12,17H,6,9H2,1-2H3. The summed E-state index contributed by atoms with van der Waals surface area (Å²) in [6, 6.07) is 7.41. The first-order valence-electron chi connectivity index (χ1n) is 6.14. The van der Waals surface area contributed by atoms with E-state index in [4.69, 9.17) is 5.26 Å². The molecule has 1 atom stereocenters. The summed E-state index contributed by atoms with van der Waals surface area (Å²) in [7, 11) is 0. The van der Waals surface area contributed by atoms with Crippen molar-refractivity contribution >= 4 is 11.6 Å². The average Bonchev–Trinajstić information content (AvgIpc) is 2.33. The van der Waals surface area contributed by atoms with Crippen LogP contribution in [0.2, 0.25) is 0 Å². The molecule has 1 heterocycles. The predicted molar refractivity (Wildman–Crippen MR) is 70.0 cm³/mol. The molecule has 0 aliphatic carbocycles. The highest BCUT2D eigenvalue weighted by Gasteiger charge is 2.38. The lowest BCUT2D eigenvalue weighted by atomic mass is 9.96. The maximum atomic E-state index is 13.3. The van der Waals surface area contributed by atoms with Crippen LogP contribution in [-0.4, -0.2) is 24.0 Å². The number of nitrogens with one attached hydrogen (secondary N) is 1. The second-order valence-electron chi connectivity index (χ2n) is 5.35. The number of carbonyl (C=O) groups excluding carboxylic acids is 1. The van der Waals surface area contributed by atoms with Gasteiger partial charge in [-0.3, -0.25) is 10.1 Å². The predicted octanol–water partition coefficient (Wildman–Crippen LogP) is 1.82. The van der Waals surface area contributed by atoms with Crippen LogP contribution < -0.4 is 10.2 Å². The molecule has 2 rings (SSSR count). The fourth-order valence-corrected chi connectivity index (χ4v) is 2.33. The molecule has 1 aliphatic heterocycles. The smallest absolute Gasteiger partial charge is 0.245 e. The molecule has 0 saturated carbocycles. The third kappa shape index (κ3) is 2.91. The van der Waals surface area contributed by atoms with E-state index in [2.05, 4.69) is 5.32 Å². The lowest BCUT2D eigenvalue weighted by Crippen LogP contribution is -2.65.